The van der Waals surface area contributed by atoms with E-state index in [9.17, 15) is 33.9 Å². The number of carbonyl (C=O) groups excluding carboxylic acids is 5. The second kappa shape index (κ2) is 25.1. The number of aryl methyl sites for hydroxylation is 1. The van der Waals surface area contributed by atoms with Gasteiger partial charge in [-0.1, -0.05) is 68.0 Å². The van der Waals surface area contributed by atoms with Crippen LogP contribution in [-0.4, -0.2) is 136 Å². The monoisotopic (exact) mass is 1190 g/mol. The van der Waals surface area contributed by atoms with Crippen molar-refractivity contribution in [1.29, 1.82) is 0 Å². The van der Waals surface area contributed by atoms with Gasteiger partial charge in [0.1, 0.15) is 19.0 Å². The van der Waals surface area contributed by atoms with Gasteiger partial charge < -0.3 is 34.3 Å². The zero-order chi connectivity index (χ0) is 60.2. The lowest BCUT2D eigenvalue weighted by molar-refractivity contribution is -0.248. The highest BCUT2D eigenvalue weighted by molar-refractivity contribution is 7.22. The summed E-state index contributed by atoms with van der Waals surface area (Å²) >= 11 is 1.43. The predicted octanol–water partition coefficient (Wildman–Crippen LogP) is 10.6. The number of anilines is 2. The molecule has 4 aliphatic carbocycles. The minimum atomic E-state index is -1.14. The van der Waals surface area contributed by atoms with Crippen molar-refractivity contribution < 1.29 is 52.8 Å². The van der Waals surface area contributed by atoms with Crippen LogP contribution >= 0.6 is 11.3 Å². The number of hydrogen-bond acceptors (Lipinski definition) is 14. The van der Waals surface area contributed by atoms with Gasteiger partial charge in [0.25, 0.3) is 11.8 Å². The lowest BCUT2D eigenvalue weighted by atomic mass is 9.39. The molecule has 3 N–H and O–H groups in total. The van der Waals surface area contributed by atoms with Crippen LogP contribution in [0.5, 0.6) is 5.75 Å². The van der Waals surface area contributed by atoms with Crippen LogP contribution in [0, 0.1) is 23.2 Å². The fourth-order valence-corrected chi connectivity index (χ4v) is 15.7. The first-order chi connectivity index (χ1) is 41.4. The highest BCUT2D eigenvalue weighted by Gasteiger charge is 2.66. The molecule has 0 saturated heterocycles. The molecule has 2 aliphatic heterocycles. The van der Waals surface area contributed by atoms with Crippen molar-refractivity contribution in [2.75, 3.05) is 69.9 Å². The number of pyridine rings is 1. The van der Waals surface area contributed by atoms with Gasteiger partial charge in [-0.2, -0.15) is 5.10 Å². The third-order valence-electron chi connectivity index (χ3n) is 17.6. The molecule has 86 heavy (non-hydrogen) atoms. The van der Waals surface area contributed by atoms with E-state index in [0.29, 0.717) is 112 Å². The smallest absolute Gasteiger partial charge is 0.409 e. The highest BCUT2D eigenvalue weighted by Crippen LogP contribution is 2.72. The Kier molecular flexibility index (Phi) is 17.5. The number of thiazole rings is 1. The number of rotatable bonds is 25. The molecule has 6 aromatic rings. The summed E-state index contributed by atoms with van der Waals surface area (Å²) in [5, 5.41) is 22.0. The van der Waals surface area contributed by atoms with Gasteiger partial charge in [-0.25, -0.2) is 24.4 Å². The molecule has 0 radical (unpaired) electrons. The van der Waals surface area contributed by atoms with Gasteiger partial charge in [-0.3, -0.25) is 34.2 Å². The molecule has 3 aromatic heterocycles. The summed E-state index contributed by atoms with van der Waals surface area (Å²) < 4.78 is 27.1. The number of imide groups is 1. The van der Waals surface area contributed by atoms with Crippen molar-refractivity contribution in [3.8, 4) is 28.1 Å². The minimum absolute atomic E-state index is 0.0578. The van der Waals surface area contributed by atoms with Crippen molar-refractivity contribution in [2.24, 2.45) is 16.2 Å². The number of fused-ring (bicyclic) bond motifs is 2. The Bertz CT molecular complexity index is 3510. The first-order valence-corrected chi connectivity index (χ1v) is 30.6. The Labute approximate surface area is 504 Å². The van der Waals surface area contributed by atoms with Crippen LogP contribution < -0.4 is 20.3 Å². The minimum Gasteiger partial charge on any atom is -0.491 e. The summed E-state index contributed by atoms with van der Waals surface area (Å²) in [6.45, 7) is 10.6. The van der Waals surface area contributed by atoms with Crippen LogP contribution in [0.1, 0.15) is 112 Å². The summed E-state index contributed by atoms with van der Waals surface area (Å²) in [6.07, 6.45) is 13.8. The number of carboxylic acids is 1. The first kappa shape index (κ1) is 59.7. The van der Waals surface area contributed by atoms with Crippen molar-refractivity contribution in [3.63, 3.8) is 0 Å². The number of benzene rings is 3. The Balaban J connectivity index is 0.638. The molecule has 4 saturated carbocycles. The summed E-state index contributed by atoms with van der Waals surface area (Å²) in [5.41, 5.74) is 6.25. The number of hydrogen-bond donors (Lipinski definition) is 3. The molecule has 452 valence electrons. The molecule has 2 atom stereocenters. The Morgan fingerprint density at radius 3 is 2.37 bits per heavy atom. The molecular weight excluding hydrogens is 1110 g/mol. The second-order valence-corrected chi connectivity index (χ2v) is 25.9. The number of nitrogens with one attached hydrogen (secondary N) is 2. The summed E-state index contributed by atoms with van der Waals surface area (Å²) in [5.74, 6) is -1.14. The van der Waals surface area contributed by atoms with Crippen LogP contribution in [0.3, 0.4) is 0 Å². The van der Waals surface area contributed by atoms with Gasteiger partial charge in [-0.15, -0.1) is 0 Å². The molecule has 21 heteroatoms. The molecule has 4 bridgehead atoms. The fourth-order valence-electron chi connectivity index (χ4n) is 14.9. The van der Waals surface area contributed by atoms with Crippen molar-refractivity contribution >= 4 is 68.2 Å². The number of nitrogens with zero attached hydrogens (tertiary/aromatic N) is 7. The number of aromatic nitrogens is 4. The van der Waals surface area contributed by atoms with E-state index in [2.05, 4.69) is 29.5 Å². The van der Waals surface area contributed by atoms with E-state index in [0.717, 1.165) is 90.5 Å². The van der Waals surface area contributed by atoms with E-state index in [1.165, 1.54) is 28.4 Å². The molecule has 2 unspecified atom stereocenters. The van der Waals surface area contributed by atoms with Gasteiger partial charge in [0.15, 0.2) is 10.8 Å². The number of ether oxygens (including phenoxy) is 4. The average Bonchev–Trinajstić information content (AvgIpc) is 1.02. The van der Waals surface area contributed by atoms with E-state index in [1.54, 1.807) is 23.0 Å². The molecule has 4 fully saturated rings. The standard InChI is InChI=1S/C65H75N9O11S/c1-43-49(48-21-22-50(68-57(48)58(78)79)46-18-17-45-11-10-27-72(52(45)33-46)60(80)70-59-69-51-12-7-8-13-53(51)86-59)34-67-74(43)42-64-37-62(2)36-63(3,38-64)40-65(39-62,41-64)85-30-28-71(4)61(81)84-35-44-15-19-47(20-16-44)83-32-31-82-29-25-66-54(75)14-6-5-9-26-73-55(76)23-24-56(73)77/h7-8,12-13,15-24,33-34H,5-6,9-11,14,25-32,35-42H2,1-4H3,(H,66,75)(H,78,79)(H,69,70,80). The second-order valence-electron chi connectivity index (χ2n) is 24.8. The Morgan fingerprint density at radius 2 is 1.60 bits per heavy atom. The van der Waals surface area contributed by atoms with Gasteiger partial charge in [0, 0.05) is 86.4 Å². The number of carbonyl (C=O) groups is 6. The lowest BCUT2D eigenvalue weighted by Gasteiger charge is -2.69. The highest BCUT2D eigenvalue weighted by atomic mass is 32.1. The van der Waals surface area contributed by atoms with Crippen molar-refractivity contribution in [2.45, 2.75) is 117 Å². The molecular formula is C65H75N9O11S. The van der Waals surface area contributed by atoms with Crippen LogP contribution in [0.4, 0.5) is 20.4 Å². The molecule has 6 aliphatic rings. The Morgan fingerprint density at radius 1 is 0.826 bits per heavy atom. The normalized spacial score (nSPS) is 21.9. The third kappa shape index (κ3) is 13.5. The molecule has 5 heterocycles. The van der Waals surface area contributed by atoms with Crippen LogP contribution in [-0.2, 0) is 48.2 Å². The quantitative estimate of drug-likeness (QED) is 0.0357. The number of para-hydroxylation sites is 1. The van der Waals surface area contributed by atoms with E-state index in [-0.39, 0.29) is 57.9 Å². The van der Waals surface area contributed by atoms with E-state index < -0.39 is 12.1 Å². The van der Waals surface area contributed by atoms with Gasteiger partial charge in [-0.05, 0) is 141 Å². The van der Waals surface area contributed by atoms with E-state index in [4.69, 9.17) is 29.0 Å². The molecule has 6 amide bonds. The molecule has 3 aromatic carbocycles. The SMILES string of the molecule is Cc1c(-c2ccc(-c3ccc4c(c3)N(C(=O)Nc3nc5ccccc5s3)CCC4)nc2C(=O)O)cnn1CC12CC3(C)CC(C)(C1)CC(OCCN(C)C(=O)OCc1ccc(OCCOCCNC(=O)CCCCCN4C(=O)C=CC4=O)cc1)(C3)C2. The number of aromatic carboxylic acids is 1. The summed E-state index contributed by atoms with van der Waals surface area (Å²) in [4.78, 5) is 89.3. The Hall–Kier alpha value is -8.01. The topological polar surface area (TPSA) is 237 Å². The summed E-state index contributed by atoms with van der Waals surface area (Å²) in [6, 6.07) is 24.4. The zero-order valence-electron chi connectivity index (χ0n) is 49.4. The predicted molar refractivity (Wildman–Crippen MR) is 325 cm³/mol. The van der Waals surface area contributed by atoms with E-state index >= 15 is 0 Å². The van der Waals surface area contributed by atoms with Crippen molar-refractivity contribution in [3.05, 3.63) is 120 Å². The van der Waals surface area contributed by atoms with Crippen molar-refractivity contribution in [1.82, 2.24) is 34.9 Å². The largest absolute Gasteiger partial charge is 0.491 e. The molecule has 12 rings (SSSR count). The molecule has 0 spiro atoms. The van der Waals surface area contributed by atoms with Crippen LogP contribution in [0.25, 0.3) is 32.6 Å². The van der Waals surface area contributed by atoms with Crippen LogP contribution in [0.2, 0.25) is 0 Å². The van der Waals surface area contributed by atoms with Gasteiger partial charge in [0.05, 0.1) is 47.5 Å². The van der Waals surface area contributed by atoms with E-state index in [1.807, 2.05) is 90.5 Å². The number of unbranched alkanes of at least 4 members (excludes halogenated alkanes) is 2. The number of urea groups is 1. The zero-order valence-corrected chi connectivity index (χ0v) is 50.2. The summed E-state index contributed by atoms with van der Waals surface area (Å²) in [7, 11) is 1.73. The number of likely N-dealkylation sites (N-methyl/N-ethyl adjacent to an activating group) is 1. The first-order valence-electron chi connectivity index (χ1n) is 29.8. The number of amides is 6. The maximum absolute atomic E-state index is 13.7. The van der Waals surface area contributed by atoms with Crippen LogP contribution in [0.15, 0.2) is 97.2 Å². The number of carboxylic acid groups (broad SMARTS) is 1. The van der Waals surface area contributed by atoms with Gasteiger partial charge >= 0.3 is 18.1 Å². The maximum atomic E-state index is 13.7. The lowest BCUT2D eigenvalue weighted by Crippen LogP contribution is -2.64. The fraction of sp³-hybridized carbons (Fsp3) is 0.462. The maximum Gasteiger partial charge on any atom is 0.409 e. The van der Waals surface area contributed by atoms with Gasteiger partial charge in [0.2, 0.25) is 5.91 Å². The molecule has 20 nitrogen and oxygen atoms in total. The average molecular weight is 1190 g/mol. The third-order valence-corrected chi connectivity index (χ3v) is 18.5.